The molecule has 0 saturated carbocycles. The zero-order chi connectivity index (χ0) is 25.2. The van der Waals surface area contributed by atoms with Gasteiger partial charge in [0.1, 0.15) is 6.04 Å². The lowest BCUT2D eigenvalue weighted by Gasteiger charge is -2.32. The third kappa shape index (κ3) is 5.38. The number of fused-ring (bicyclic) bond motifs is 1. The van der Waals surface area contributed by atoms with Gasteiger partial charge in [-0.15, -0.1) is 16.4 Å². The fourth-order valence-electron chi connectivity index (χ4n) is 5.48. The quantitative estimate of drug-likeness (QED) is 0.358. The fraction of sp³-hybridized carbons (Fsp3) is 0.481. The number of hydrogen-bond donors (Lipinski definition) is 1. The van der Waals surface area contributed by atoms with Gasteiger partial charge in [-0.2, -0.15) is 0 Å². The van der Waals surface area contributed by atoms with Crippen LogP contribution in [0.3, 0.4) is 0 Å². The van der Waals surface area contributed by atoms with E-state index in [-0.39, 0.29) is 17.8 Å². The Labute approximate surface area is 219 Å². The van der Waals surface area contributed by atoms with Crippen LogP contribution in [0.1, 0.15) is 53.6 Å². The van der Waals surface area contributed by atoms with Crippen molar-refractivity contribution in [3.8, 4) is 0 Å². The molecule has 0 amide bonds. The number of benzene rings is 1. The zero-order valence-corrected chi connectivity index (χ0v) is 21.8. The Balaban J connectivity index is 1.47. The molecule has 0 spiro atoms. The summed E-state index contributed by atoms with van der Waals surface area (Å²) >= 11 is 1.71. The summed E-state index contributed by atoms with van der Waals surface area (Å²) in [6.07, 6.45) is 4.25. The van der Waals surface area contributed by atoms with Gasteiger partial charge in [0.05, 0.1) is 18.8 Å². The zero-order valence-electron chi connectivity index (χ0n) is 21.0. The second kappa shape index (κ2) is 10.8. The smallest absolute Gasteiger partial charge is 0.253 e. The van der Waals surface area contributed by atoms with E-state index in [2.05, 4.69) is 55.9 Å². The lowest BCUT2D eigenvalue weighted by Crippen LogP contribution is -2.39. The molecule has 0 aliphatic carbocycles. The number of H-pyrrole nitrogens is 1. The molecule has 2 aliphatic heterocycles. The van der Waals surface area contributed by atoms with Crippen molar-refractivity contribution in [3.05, 3.63) is 74.0 Å². The minimum atomic E-state index is -0.448. The molecule has 0 radical (unpaired) electrons. The molecule has 3 aromatic heterocycles. The SMILES string of the molecule is Cc1ccc2[nH]c(=O)c([C@@H](c3nnnn3C[C@@H]3CCCO3)N(Cc3cccs3)C[C@@H]3CCCO3)cc2c1. The Morgan fingerprint density at radius 2 is 2.00 bits per heavy atom. The Bertz CT molecular complexity index is 1390. The number of pyridine rings is 1. The van der Waals surface area contributed by atoms with Crippen LogP contribution in [0, 0.1) is 6.92 Å². The Morgan fingerprint density at radius 3 is 2.76 bits per heavy atom. The van der Waals surface area contributed by atoms with Gasteiger partial charge in [0.15, 0.2) is 5.82 Å². The monoisotopic (exact) mass is 520 g/mol. The summed E-state index contributed by atoms with van der Waals surface area (Å²) in [5.41, 5.74) is 2.47. The largest absolute Gasteiger partial charge is 0.377 e. The van der Waals surface area contributed by atoms with Crippen LogP contribution >= 0.6 is 11.3 Å². The third-order valence-corrected chi connectivity index (χ3v) is 8.16. The molecule has 1 N–H and O–H groups in total. The molecular formula is C27H32N6O3S. The van der Waals surface area contributed by atoms with E-state index in [4.69, 9.17) is 9.47 Å². The number of rotatable bonds is 9. The van der Waals surface area contributed by atoms with Gasteiger partial charge in [-0.05, 0) is 78.1 Å². The second-order valence-electron chi connectivity index (χ2n) is 10.0. The van der Waals surface area contributed by atoms with E-state index in [0.29, 0.717) is 31.0 Å². The first-order chi connectivity index (χ1) is 18.1. The lowest BCUT2D eigenvalue weighted by molar-refractivity contribution is 0.0559. The van der Waals surface area contributed by atoms with E-state index in [1.807, 2.05) is 22.9 Å². The topological polar surface area (TPSA) is 98.2 Å². The Morgan fingerprint density at radius 1 is 1.16 bits per heavy atom. The number of hydrogen-bond acceptors (Lipinski definition) is 8. The average molecular weight is 521 g/mol. The molecule has 0 bridgehead atoms. The maximum absolute atomic E-state index is 13.6. The molecule has 3 atom stereocenters. The van der Waals surface area contributed by atoms with Crippen LogP contribution in [0.25, 0.3) is 10.9 Å². The molecule has 1 aromatic carbocycles. The standard InChI is InChI=1S/C27H32N6O3S/c1-18-8-9-24-19(13-18)14-23(27(34)28-24)25(26-29-30-31-33(26)16-21-6-3-11-36-21)32(15-20-5-2-10-35-20)17-22-7-4-12-37-22/h4,7-9,12-14,20-21,25H,2-3,5-6,10-11,15-17H2,1H3,(H,28,34)/t20-,21-,25-/m0/s1. The average Bonchev–Trinajstić information content (AvgIpc) is 3.70. The summed E-state index contributed by atoms with van der Waals surface area (Å²) in [6.45, 7) is 5.51. The summed E-state index contributed by atoms with van der Waals surface area (Å²) in [5, 5.41) is 16.0. The highest BCUT2D eigenvalue weighted by Gasteiger charge is 2.34. The van der Waals surface area contributed by atoms with Crippen molar-refractivity contribution in [1.82, 2.24) is 30.1 Å². The summed E-state index contributed by atoms with van der Waals surface area (Å²) in [4.78, 5) is 20.3. The molecule has 2 saturated heterocycles. The van der Waals surface area contributed by atoms with Crippen molar-refractivity contribution in [2.45, 2.75) is 63.9 Å². The lowest BCUT2D eigenvalue weighted by atomic mass is 10.0. The van der Waals surface area contributed by atoms with Crippen LogP contribution in [0.5, 0.6) is 0 Å². The molecule has 2 aliphatic rings. The highest BCUT2D eigenvalue weighted by Crippen LogP contribution is 2.31. The maximum atomic E-state index is 13.6. The third-order valence-electron chi connectivity index (χ3n) is 7.29. The van der Waals surface area contributed by atoms with E-state index in [9.17, 15) is 4.79 Å². The van der Waals surface area contributed by atoms with Crippen LogP contribution in [0.4, 0.5) is 0 Å². The highest BCUT2D eigenvalue weighted by atomic mass is 32.1. The molecule has 5 heterocycles. The number of ether oxygens (including phenoxy) is 2. The van der Waals surface area contributed by atoms with Gasteiger partial charge in [-0.3, -0.25) is 9.69 Å². The van der Waals surface area contributed by atoms with E-state index in [0.717, 1.165) is 55.4 Å². The summed E-state index contributed by atoms with van der Waals surface area (Å²) in [5.74, 6) is 0.655. The first-order valence-corrected chi connectivity index (χ1v) is 13.9. The van der Waals surface area contributed by atoms with Gasteiger partial charge in [0, 0.05) is 42.3 Å². The van der Waals surface area contributed by atoms with E-state index in [1.54, 1.807) is 11.3 Å². The summed E-state index contributed by atoms with van der Waals surface area (Å²) in [6, 6.07) is 11.8. The van der Waals surface area contributed by atoms with Crippen molar-refractivity contribution in [3.63, 3.8) is 0 Å². The Hall–Kier alpha value is -2.92. The maximum Gasteiger partial charge on any atom is 0.253 e. The minimum absolute atomic E-state index is 0.0735. The molecule has 4 aromatic rings. The van der Waals surface area contributed by atoms with Crippen molar-refractivity contribution in [1.29, 1.82) is 0 Å². The Kier molecular flexibility index (Phi) is 7.14. The van der Waals surface area contributed by atoms with E-state index >= 15 is 0 Å². The number of aryl methyl sites for hydroxylation is 1. The van der Waals surface area contributed by atoms with Gasteiger partial charge >= 0.3 is 0 Å². The number of tetrazole rings is 1. The van der Waals surface area contributed by atoms with Gasteiger partial charge in [-0.1, -0.05) is 17.7 Å². The van der Waals surface area contributed by atoms with Crippen LogP contribution < -0.4 is 5.56 Å². The molecule has 6 rings (SSSR count). The molecule has 0 unspecified atom stereocenters. The summed E-state index contributed by atoms with van der Waals surface area (Å²) in [7, 11) is 0. The first-order valence-electron chi connectivity index (χ1n) is 13.0. The molecule has 10 heteroatoms. The highest BCUT2D eigenvalue weighted by molar-refractivity contribution is 7.09. The number of thiophene rings is 1. The summed E-state index contributed by atoms with van der Waals surface area (Å²) < 4.78 is 13.8. The van der Waals surface area contributed by atoms with Crippen molar-refractivity contribution in [2.24, 2.45) is 0 Å². The fourth-order valence-corrected chi connectivity index (χ4v) is 6.21. The molecule has 194 valence electrons. The van der Waals surface area contributed by atoms with E-state index < -0.39 is 6.04 Å². The first kappa shape index (κ1) is 24.4. The van der Waals surface area contributed by atoms with Gasteiger partial charge in [0.2, 0.25) is 0 Å². The number of aromatic nitrogens is 5. The molecule has 2 fully saturated rings. The van der Waals surface area contributed by atoms with Crippen molar-refractivity contribution in [2.75, 3.05) is 19.8 Å². The van der Waals surface area contributed by atoms with Gasteiger partial charge in [-0.25, -0.2) is 4.68 Å². The van der Waals surface area contributed by atoms with Crippen LogP contribution in [-0.2, 0) is 22.6 Å². The number of nitrogens with zero attached hydrogens (tertiary/aromatic N) is 5. The van der Waals surface area contributed by atoms with Crippen molar-refractivity contribution < 1.29 is 9.47 Å². The van der Waals surface area contributed by atoms with Crippen LogP contribution in [0.2, 0.25) is 0 Å². The number of nitrogens with one attached hydrogen (secondary N) is 1. The van der Waals surface area contributed by atoms with E-state index in [1.165, 1.54) is 4.88 Å². The minimum Gasteiger partial charge on any atom is -0.377 e. The molecule has 37 heavy (non-hydrogen) atoms. The van der Waals surface area contributed by atoms with Crippen LogP contribution in [0.15, 0.2) is 46.6 Å². The molecule has 9 nitrogen and oxygen atoms in total. The predicted molar refractivity (Wildman–Crippen MR) is 142 cm³/mol. The number of aromatic amines is 1. The normalized spacial score (nSPS) is 20.8. The predicted octanol–water partition coefficient (Wildman–Crippen LogP) is 3.83. The molecular weight excluding hydrogens is 488 g/mol. The van der Waals surface area contributed by atoms with Crippen molar-refractivity contribution >= 4 is 22.2 Å². The van der Waals surface area contributed by atoms with Gasteiger partial charge in [0.25, 0.3) is 5.56 Å². The van der Waals surface area contributed by atoms with Crippen LogP contribution in [-0.4, -0.2) is 62.1 Å². The van der Waals surface area contributed by atoms with Gasteiger partial charge < -0.3 is 14.5 Å². The second-order valence-corrected chi connectivity index (χ2v) is 11.1.